The van der Waals surface area contributed by atoms with E-state index in [1.54, 1.807) is 0 Å². The molecule has 586 valence electrons. The summed E-state index contributed by atoms with van der Waals surface area (Å²) in [5.74, 6) is 13.6. The van der Waals surface area contributed by atoms with Crippen LogP contribution in [0.3, 0.4) is 0 Å². The molecule has 0 N–H and O–H groups in total. The predicted molar refractivity (Wildman–Crippen MR) is 445 cm³/mol. The van der Waals surface area contributed by atoms with Crippen LogP contribution in [-0.4, -0.2) is 0 Å². The quantitative estimate of drug-likeness (QED) is 0.238. The van der Waals surface area contributed by atoms with Crippen LogP contribution in [0.4, 0.5) is 0 Å². The molecule has 0 aromatic rings. The molecule has 0 saturated heterocycles. The summed E-state index contributed by atoms with van der Waals surface area (Å²) in [5.41, 5.74) is -1.55. The van der Waals surface area contributed by atoms with Gasteiger partial charge in [-0.25, -0.2) is 0 Å². The molecule has 0 heteroatoms. The van der Waals surface area contributed by atoms with Crippen molar-refractivity contribution in [2.24, 2.45) is 162 Å². The summed E-state index contributed by atoms with van der Waals surface area (Å²) >= 11 is 0. The van der Waals surface area contributed by atoms with Crippen molar-refractivity contribution in [2.45, 2.75) is 473 Å². The second kappa shape index (κ2) is 39.1. The van der Waals surface area contributed by atoms with Crippen LogP contribution in [0.25, 0.3) is 0 Å². The van der Waals surface area contributed by atoms with Crippen LogP contribution >= 0.6 is 0 Å². The average Bonchev–Trinajstić information content (AvgIpc) is 0.951. The Morgan fingerprint density at radius 1 is 0.170 bits per heavy atom. The van der Waals surface area contributed by atoms with Gasteiger partial charge in [0.1, 0.15) is 0 Å². The Labute approximate surface area is 650 Å². The van der Waals surface area contributed by atoms with Crippen LogP contribution in [0.2, 0.25) is 0 Å². The van der Waals surface area contributed by atoms with Gasteiger partial charge in [0.25, 0.3) is 0 Å². The van der Waals surface area contributed by atoms with Crippen LogP contribution in [0.5, 0.6) is 0 Å². The van der Waals surface area contributed by atoms with Gasteiger partial charge in [-0.1, -0.05) is 319 Å². The second-order valence-electron chi connectivity index (χ2n) is 45.8. The molecule has 0 radical (unpaired) electrons. The highest BCUT2D eigenvalue weighted by Gasteiger charge is 2.41. The molecular formula is C100H186. The fourth-order valence-corrected chi connectivity index (χ4v) is 23.9. The molecule has 0 spiro atoms. The molecule has 0 nitrogen and oxygen atoms in total. The van der Waals surface area contributed by atoms with E-state index in [1.165, 1.54) is 199 Å². The van der Waals surface area contributed by atoms with Crippen LogP contribution in [0.15, 0.2) is 0 Å². The SMILES string of the molecule is [2H]C([2H])(C1CC2CC(C2)C1)C(C)(C)C.[2H]C([2H])(C1CC2CCC(C2)C1)C(C)(C)C.[2H]C([2H])(C1CC2CCCC(C2)C1)C(C)(C)C.[2H]C([2H])(C1CC2CCCC(CC2)C1)C(C)(C)C.[2H]C([2H])(C1CC2CCCC(CCC2)C1)C(C)(C)C.[2H]C([2H])(C1CC2CCCCC1CC2)C(C)(C)C.[2H]C([2H])(C1CCC2CCC(CC2)C1)C(C)(C)C. The number of hydrogen-bond acceptors (Lipinski definition) is 0. The van der Waals surface area contributed by atoms with Crippen LogP contribution < -0.4 is 0 Å². The van der Waals surface area contributed by atoms with E-state index in [1.807, 2.05) is 41.5 Å². The Morgan fingerprint density at radius 2 is 0.380 bits per heavy atom. The molecule has 0 aromatic carbocycles. The van der Waals surface area contributed by atoms with Gasteiger partial charge in [-0.2, -0.15) is 0 Å². The first-order valence-electron chi connectivity index (χ1n) is 52.1. The van der Waals surface area contributed by atoms with Crippen molar-refractivity contribution < 1.29 is 19.2 Å². The first kappa shape index (κ1) is 66.9. The van der Waals surface area contributed by atoms with E-state index >= 15 is 0 Å². The van der Waals surface area contributed by atoms with E-state index in [-0.39, 0.29) is 49.7 Å². The maximum absolute atomic E-state index is 8.59. The van der Waals surface area contributed by atoms with E-state index in [4.69, 9.17) is 19.2 Å². The van der Waals surface area contributed by atoms with Gasteiger partial charge in [-0.05, 0) is 316 Å². The van der Waals surface area contributed by atoms with Crippen LogP contribution in [0, 0.1) is 162 Å². The van der Waals surface area contributed by atoms with Crippen molar-refractivity contribution in [3.8, 4) is 0 Å². The van der Waals surface area contributed by atoms with Gasteiger partial charge < -0.3 is 0 Å². The van der Waals surface area contributed by atoms with Crippen molar-refractivity contribution in [1.29, 1.82) is 0 Å². The largest absolute Gasteiger partial charge is 0.0602 e. The smallest absolute Gasteiger partial charge is 0.0275 e. The minimum Gasteiger partial charge on any atom is -0.0602 e. The highest BCUT2D eigenvalue weighted by Crippen LogP contribution is 2.53. The molecule has 0 amide bonds. The fraction of sp³-hybridized carbons (Fsp3) is 1.00. The summed E-state index contributed by atoms with van der Waals surface area (Å²) in [4.78, 5) is 0. The number of rotatable bonds is 7. The van der Waals surface area contributed by atoms with Crippen LogP contribution in [-0.2, 0) is 0 Å². The average molecular weight is 1400 g/mol. The summed E-state index contributed by atoms with van der Waals surface area (Å²) < 4.78 is 118. The fourth-order valence-electron chi connectivity index (χ4n) is 23.9. The molecule has 14 bridgehead atoms. The standard InChI is InChI=1S/C16H30.3C15H28.C14H26.C13H24.C12H22/c1-16(2,3)12-15-10-13-6-4-7-14(11-15)9-5-8-13;1-15(2,3)11-14-9-6-12-4-7-13(10-14)8-5-12;1-15(2,3)11-14-9-12-5-4-6-13(10-14)8-7-12;1-15(2,3)11-14-10-12-6-4-5-7-13(14)9-8-12;1-14(2,3)10-13-8-11-5-4-6-12(7-11)9-13;1-13(2,3)9-12-7-10-4-5-11(6-10)8-12;1-12(2,3)8-11-6-9-4-10(5-9)7-11/h13-15H,4-12H2,1-3H3;3*12-14H,4-11H2,1-3H3;11-13H,4-10H2,1-3H3;10-12H,4-9H2,1-3H3;9-11H,4-8H2,1-3H3/i12D2;3*11D2;10D2;9D2;8D2. The Kier molecular flexibility index (Phi) is 26.2. The van der Waals surface area contributed by atoms with Crippen LogP contribution in [0.1, 0.15) is 492 Å². The maximum Gasteiger partial charge on any atom is 0.0275 e. The highest BCUT2D eigenvalue weighted by molar-refractivity contribution is 4.93. The van der Waals surface area contributed by atoms with Gasteiger partial charge in [0.05, 0.1) is 0 Å². The minimum absolute atomic E-state index is 0.207. The molecule has 18 aliphatic rings. The molecule has 18 rings (SSSR count). The van der Waals surface area contributed by atoms with Gasteiger partial charge in [-0.15, -0.1) is 0 Å². The van der Waals surface area contributed by atoms with Crippen molar-refractivity contribution in [3.05, 3.63) is 0 Å². The Morgan fingerprint density at radius 3 is 0.740 bits per heavy atom. The zero-order chi connectivity index (χ0) is 85.2. The molecule has 0 aromatic heterocycles. The van der Waals surface area contributed by atoms with E-state index < -0.39 is 44.6 Å². The molecule has 0 heterocycles. The lowest BCUT2D eigenvalue weighted by atomic mass is 9.59. The summed E-state index contributed by atoms with van der Waals surface area (Å²) in [6, 6.07) is 0. The zero-order valence-corrected chi connectivity index (χ0v) is 71.2. The van der Waals surface area contributed by atoms with Gasteiger partial charge in [0.15, 0.2) is 0 Å². The molecular weight excluding hydrogens is 1200 g/mol. The summed E-state index contributed by atoms with van der Waals surface area (Å²) in [6.45, 7) is 43.2. The van der Waals surface area contributed by atoms with Crippen molar-refractivity contribution in [2.75, 3.05) is 0 Å². The summed E-state index contributed by atoms with van der Waals surface area (Å²) in [7, 11) is 0. The van der Waals surface area contributed by atoms with E-state index in [0.29, 0.717) is 35.5 Å². The minimum atomic E-state index is -1.02. The first-order valence-corrected chi connectivity index (χ1v) is 45.1. The third-order valence-electron chi connectivity index (χ3n) is 27.2. The molecule has 10 atom stereocenters. The number of hydrogen-bond donors (Lipinski definition) is 0. The Bertz CT molecular complexity index is 2770. The van der Waals surface area contributed by atoms with Gasteiger partial charge >= 0.3 is 0 Å². The monoisotopic (exact) mass is 1400 g/mol. The molecule has 18 fully saturated rings. The number of fused-ring (bicyclic) bond motifs is 25. The summed E-state index contributed by atoms with van der Waals surface area (Å²) in [6.07, 6.45) is 50.0. The highest BCUT2D eigenvalue weighted by atomic mass is 14.5. The van der Waals surface area contributed by atoms with Crippen molar-refractivity contribution in [1.82, 2.24) is 0 Å². The lowest BCUT2D eigenvalue weighted by Gasteiger charge is -2.46. The predicted octanol–water partition coefficient (Wildman–Crippen LogP) is 33.3. The van der Waals surface area contributed by atoms with Gasteiger partial charge in [0, 0.05) is 19.2 Å². The van der Waals surface area contributed by atoms with E-state index in [9.17, 15) is 0 Å². The normalized spacial score (nSPS) is 41.1. The molecule has 18 aliphatic carbocycles. The first-order chi connectivity index (χ1) is 52.1. The van der Waals surface area contributed by atoms with Gasteiger partial charge in [0.2, 0.25) is 0 Å². The van der Waals surface area contributed by atoms with Crippen molar-refractivity contribution >= 4 is 0 Å². The topological polar surface area (TPSA) is 0 Å². The third-order valence-corrected chi connectivity index (χ3v) is 27.2. The second-order valence-corrected chi connectivity index (χ2v) is 45.8. The zero-order valence-electron chi connectivity index (χ0n) is 85.2. The van der Waals surface area contributed by atoms with Crippen molar-refractivity contribution in [3.63, 3.8) is 0 Å². The van der Waals surface area contributed by atoms with E-state index in [0.717, 1.165) is 160 Å². The molecule has 0 aliphatic heterocycles. The molecule has 10 unspecified atom stereocenters. The molecule has 18 saturated carbocycles. The lowest BCUT2D eigenvalue weighted by Crippen LogP contribution is -2.35. The maximum atomic E-state index is 8.59. The lowest BCUT2D eigenvalue weighted by molar-refractivity contribution is 0.0484. The van der Waals surface area contributed by atoms with E-state index in [2.05, 4.69) is 104 Å². The van der Waals surface area contributed by atoms with Gasteiger partial charge in [-0.3, -0.25) is 0 Å². The summed E-state index contributed by atoms with van der Waals surface area (Å²) in [5, 5.41) is 0. The Hall–Kier alpha value is 0. The third kappa shape index (κ3) is 34.3. The Balaban J connectivity index is 0.000000167. The molecule has 100 heavy (non-hydrogen) atoms.